The van der Waals surface area contributed by atoms with Gasteiger partial charge in [-0.2, -0.15) is 0 Å². The van der Waals surface area contributed by atoms with E-state index in [2.05, 4.69) is 25.7 Å². The molecule has 0 nitrogen and oxygen atoms in total. The van der Waals surface area contributed by atoms with Gasteiger partial charge in [0.25, 0.3) is 0 Å². The van der Waals surface area contributed by atoms with Crippen LogP contribution in [-0.2, 0) is 0 Å². The normalized spacial score (nSPS) is 11.3. The summed E-state index contributed by atoms with van der Waals surface area (Å²) < 4.78 is 0. The van der Waals surface area contributed by atoms with Crippen LogP contribution in [-0.4, -0.2) is 0 Å². The second-order valence-corrected chi connectivity index (χ2v) is 2.07. The van der Waals surface area contributed by atoms with Crippen LogP contribution < -0.4 is 0 Å². The molecule has 0 N–H and O–H groups in total. The van der Waals surface area contributed by atoms with Gasteiger partial charge in [-0.25, -0.2) is 0 Å². The molecule has 1 radical (unpaired) electrons. The summed E-state index contributed by atoms with van der Waals surface area (Å²) in [4.78, 5) is 0. The van der Waals surface area contributed by atoms with Gasteiger partial charge in [0.05, 0.1) is 0 Å². The first-order chi connectivity index (χ1) is 4.91. The molecular formula is C10H15. The van der Waals surface area contributed by atoms with Gasteiger partial charge in [-0.3, -0.25) is 0 Å². The fourth-order valence-electron chi connectivity index (χ4n) is 0.664. The number of rotatable bonds is 5. The Balaban J connectivity index is 3.04. The average Bonchev–Trinajstić information content (AvgIpc) is 1.97. The van der Waals surface area contributed by atoms with E-state index in [1.165, 1.54) is 6.42 Å². The third kappa shape index (κ3) is 7.22. The monoisotopic (exact) mass is 135 g/mol. The molecule has 0 fully saturated rings. The van der Waals surface area contributed by atoms with Crippen LogP contribution in [0.25, 0.3) is 0 Å². The van der Waals surface area contributed by atoms with Crippen molar-refractivity contribution < 1.29 is 0 Å². The fraction of sp³-hybridized carbons (Fsp3) is 0.300. The summed E-state index contributed by atoms with van der Waals surface area (Å²) in [6.07, 6.45) is 13.3. The first-order valence-electron chi connectivity index (χ1n) is 3.63. The standard InChI is InChI=1S/C10H15/c1-3-5-7-9-10-8-6-4-2/h3-7H,1-2,8-10H2. The second-order valence-electron chi connectivity index (χ2n) is 2.07. The highest BCUT2D eigenvalue weighted by molar-refractivity contribution is 4.97. The molecule has 0 aromatic rings. The summed E-state index contributed by atoms with van der Waals surface area (Å²) in [5.41, 5.74) is 0. The number of allylic oxidation sites excluding steroid dienone is 5. The quantitative estimate of drug-likeness (QED) is 0.401. The van der Waals surface area contributed by atoms with E-state index >= 15 is 0 Å². The van der Waals surface area contributed by atoms with Crippen molar-refractivity contribution in [3.05, 3.63) is 43.9 Å². The van der Waals surface area contributed by atoms with Crippen LogP contribution in [0.4, 0.5) is 0 Å². The highest BCUT2D eigenvalue weighted by atomic mass is 13.8. The van der Waals surface area contributed by atoms with Crippen molar-refractivity contribution in [2.45, 2.75) is 19.3 Å². The zero-order valence-electron chi connectivity index (χ0n) is 6.42. The summed E-state index contributed by atoms with van der Waals surface area (Å²) in [6, 6.07) is 0. The fourth-order valence-corrected chi connectivity index (χ4v) is 0.664. The molecular weight excluding hydrogens is 120 g/mol. The van der Waals surface area contributed by atoms with Crippen LogP contribution in [0.2, 0.25) is 0 Å². The molecule has 0 saturated heterocycles. The lowest BCUT2D eigenvalue weighted by atomic mass is 10.2. The van der Waals surface area contributed by atoms with Gasteiger partial charge in [0.15, 0.2) is 0 Å². The van der Waals surface area contributed by atoms with Crippen molar-refractivity contribution in [2.24, 2.45) is 0 Å². The number of hydrogen-bond donors (Lipinski definition) is 0. The summed E-state index contributed by atoms with van der Waals surface area (Å²) in [7, 11) is 0. The molecule has 0 aliphatic rings. The maximum Gasteiger partial charge on any atom is -0.0316 e. The minimum Gasteiger partial charge on any atom is -0.0991 e. The SMILES string of the molecule is [CH2]C=CCCCC=CC=C. The van der Waals surface area contributed by atoms with E-state index in [1.54, 1.807) is 6.08 Å². The van der Waals surface area contributed by atoms with Crippen LogP contribution in [0.1, 0.15) is 19.3 Å². The Hall–Kier alpha value is -0.780. The Labute approximate surface area is 64.0 Å². The lowest BCUT2D eigenvalue weighted by molar-refractivity contribution is 0.868. The molecule has 0 spiro atoms. The molecule has 0 aromatic heterocycles. The Bertz CT molecular complexity index is 118. The second kappa shape index (κ2) is 8.22. The summed E-state index contributed by atoms with van der Waals surface area (Å²) in [6.45, 7) is 7.19. The van der Waals surface area contributed by atoms with Crippen LogP contribution in [0.3, 0.4) is 0 Å². The van der Waals surface area contributed by atoms with E-state index in [4.69, 9.17) is 0 Å². The Morgan fingerprint density at radius 2 is 1.80 bits per heavy atom. The highest BCUT2D eigenvalue weighted by Crippen LogP contribution is 1.97. The third-order valence-corrected chi connectivity index (χ3v) is 1.18. The molecule has 0 amide bonds. The van der Waals surface area contributed by atoms with Crippen molar-refractivity contribution in [1.29, 1.82) is 0 Å². The predicted octanol–water partition coefficient (Wildman–Crippen LogP) is 3.29. The first kappa shape index (κ1) is 9.22. The lowest BCUT2D eigenvalue weighted by Gasteiger charge is -1.87. The minimum atomic E-state index is 1.13. The Morgan fingerprint density at radius 3 is 2.40 bits per heavy atom. The van der Waals surface area contributed by atoms with E-state index in [1.807, 2.05) is 12.2 Å². The Morgan fingerprint density at radius 1 is 1.10 bits per heavy atom. The smallest absolute Gasteiger partial charge is 0.0316 e. The predicted molar refractivity (Wildman–Crippen MR) is 47.7 cm³/mol. The van der Waals surface area contributed by atoms with Gasteiger partial charge in [0.2, 0.25) is 0 Å². The zero-order valence-corrected chi connectivity index (χ0v) is 6.42. The molecule has 0 aliphatic heterocycles. The van der Waals surface area contributed by atoms with Gasteiger partial charge in [0, 0.05) is 0 Å². The van der Waals surface area contributed by atoms with Gasteiger partial charge in [-0.1, -0.05) is 37.0 Å². The van der Waals surface area contributed by atoms with Crippen LogP contribution in [0.5, 0.6) is 0 Å². The molecule has 0 aromatic carbocycles. The largest absolute Gasteiger partial charge is 0.0991 e. The third-order valence-electron chi connectivity index (χ3n) is 1.18. The lowest BCUT2D eigenvalue weighted by Crippen LogP contribution is -1.67. The maximum atomic E-state index is 3.60. The molecule has 0 saturated carbocycles. The van der Waals surface area contributed by atoms with Crippen molar-refractivity contribution >= 4 is 0 Å². The molecule has 0 rings (SSSR count). The summed E-state index contributed by atoms with van der Waals surface area (Å²) in [5.74, 6) is 0. The zero-order chi connectivity index (χ0) is 7.66. The molecule has 55 valence electrons. The van der Waals surface area contributed by atoms with Crippen LogP contribution in [0, 0.1) is 6.92 Å². The summed E-state index contributed by atoms with van der Waals surface area (Å²) in [5, 5.41) is 0. The average molecular weight is 135 g/mol. The van der Waals surface area contributed by atoms with Crippen molar-refractivity contribution in [3.63, 3.8) is 0 Å². The van der Waals surface area contributed by atoms with Crippen LogP contribution in [0.15, 0.2) is 37.0 Å². The number of hydrogen-bond acceptors (Lipinski definition) is 0. The van der Waals surface area contributed by atoms with Gasteiger partial charge in [-0.05, 0) is 26.2 Å². The summed E-state index contributed by atoms with van der Waals surface area (Å²) >= 11 is 0. The van der Waals surface area contributed by atoms with Crippen molar-refractivity contribution in [2.75, 3.05) is 0 Å². The molecule has 0 unspecified atom stereocenters. The van der Waals surface area contributed by atoms with Gasteiger partial charge in [-0.15, -0.1) is 0 Å². The van der Waals surface area contributed by atoms with Gasteiger partial charge in [0.1, 0.15) is 0 Å². The van der Waals surface area contributed by atoms with E-state index in [-0.39, 0.29) is 0 Å². The molecule has 0 heteroatoms. The van der Waals surface area contributed by atoms with Crippen LogP contribution >= 0.6 is 0 Å². The van der Waals surface area contributed by atoms with E-state index in [9.17, 15) is 0 Å². The minimum absolute atomic E-state index is 1.13. The van der Waals surface area contributed by atoms with E-state index < -0.39 is 0 Å². The number of unbranched alkanes of at least 4 members (excludes halogenated alkanes) is 2. The Kier molecular flexibility index (Phi) is 7.58. The molecule has 0 heterocycles. The van der Waals surface area contributed by atoms with E-state index in [0.717, 1.165) is 12.8 Å². The highest BCUT2D eigenvalue weighted by Gasteiger charge is 1.77. The molecule has 0 bridgehead atoms. The van der Waals surface area contributed by atoms with Gasteiger partial charge >= 0.3 is 0 Å². The first-order valence-corrected chi connectivity index (χ1v) is 3.63. The van der Waals surface area contributed by atoms with Crippen molar-refractivity contribution in [3.8, 4) is 0 Å². The van der Waals surface area contributed by atoms with E-state index in [0.29, 0.717) is 0 Å². The maximum absolute atomic E-state index is 3.60. The van der Waals surface area contributed by atoms with Gasteiger partial charge < -0.3 is 0 Å². The van der Waals surface area contributed by atoms with Crippen molar-refractivity contribution in [1.82, 2.24) is 0 Å². The topological polar surface area (TPSA) is 0 Å². The molecule has 0 aliphatic carbocycles. The molecule has 10 heavy (non-hydrogen) atoms. The molecule has 0 atom stereocenters.